The van der Waals surface area contributed by atoms with Crippen molar-refractivity contribution in [2.24, 2.45) is 29.1 Å². The summed E-state index contributed by atoms with van der Waals surface area (Å²) in [6.07, 6.45) is 14.4. The van der Waals surface area contributed by atoms with Crippen molar-refractivity contribution >= 4 is 17.9 Å². The van der Waals surface area contributed by atoms with E-state index in [0.29, 0.717) is 24.5 Å². The van der Waals surface area contributed by atoms with Crippen LogP contribution in [0, 0.1) is 29.1 Å². The van der Waals surface area contributed by atoms with Gasteiger partial charge >= 0.3 is 0 Å². The molecule has 1 aromatic rings. The van der Waals surface area contributed by atoms with Gasteiger partial charge in [0.1, 0.15) is 0 Å². The summed E-state index contributed by atoms with van der Waals surface area (Å²) in [5.74, 6) is 3.05. The van der Waals surface area contributed by atoms with Gasteiger partial charge in [-0.2, -0.15) is 0 Å². The minimum atomic E-state index is 0.0418. The zero-order valence-corrected chi connectivity index (χ0v) is 19.5. The van der Waals surface area contributed by atoms with E-state index in [9.17, 15) is 9.59 Å². The van der Waals surface area contributed by atoms with E-state index in [-0.39, 0.29) is 17.7 Å². The number of rotatable bonds is 6. The smallest absolute Gasteiger partial charge is 0.246 e. The quantitative estimate of drug-likeness (QED) is 0.637. The Kier molecular flexibility index (Phi) is 6.14. The number of carbonyl (C=O) groups excluding carboxylic acids is 2. The second-order valence-corrected chi connectivity index (χ2v) is 11.1. The Morgan fingerprint density at radius 3 is 2.19 bits per heavy atom. The molecule has 5 aliphatic rings. The number of nitrogens with zero attached hydrogens (tertiary/aromatic N) is 1. The van der Waals surface area contributed by atoms with Crippen molar-refractivity contribution in [2.45, 2.75) is 70.8 Å². The summed E-state index contributed by atoms with van der Waals surface area (Å²) < 4.78 is 0. The fourth-order valence-corrected chi connectivity index (χ4v) is 7.78. The first kappa shape index (κ1) is 21.7. The summed E-state index contributed by atoms with van der Waals surface area (Å²) in [6.45, 7) is 3.60. The average molecular weight is 435 g/mol. The van der Waals surface area contributed by atoms with Crippen molar-refractivity contribution in [3.63, 3.8) is 0 Å². The molecule has 5 fully saturated rings. The molecule has 1 heterocycles. The lowest BCUT2D eigenvalue weighted by molar-refractivity contribution is -0.135. The van der Waals surface area contributed by atoms with Crippen LogP contribution in [0.3, 0.4) is 0 Å². The molecule has 4 heteroatoms. The molecule has 1 aliphatic heterocycles. The summed E-state index contributed by atoms with van der Waals surface area (Å²) in [7, 11) is 0. The van der Waals surface area contributed by atoms with E-state index in [0.717, 1.165) is 42.6 Å². The van der Waals surface area contributed by atoms with Crippen molar-refractivity contribution in [1.82, 2.24) is 10.2 Å². The second kappa shape index (κ2) is 9.03. The molecule has 1 aromatic carbocycles. The van der Waals surface area contributed by atoms with Gasteiger partial charge in [0, 0.05) is 31.1 Å². The molecule has 0 unspecified atom stereocenters. The molecule has 0 radical (unpaired) electrons. The molecule has 2 amide bonds. The SMILES string of the molecule is CC[C@@H](NC(=O)C1CCN(C(=O)/C=C/c2ccccc2)CC1)C12CC3CC(CC(C3)C1)C2. The first-order valence-electron chi connectivity index (χ1n) is 12.9. The molecule has 32 heavy (non-hydrogen) atoms. The first-order valence-corrected chi connectivity index (χ1v) is 12.9. The van der Waals surface area contributed by atoms with Crippen LogP contribution in [0.1, 0.15) is 70.3 Å². The van der Waals surface area contributed by atoms with Crippen LogP contribution in [0.25, 0.3) is 6.08 Å². The summed E-state index contributed by atoms with van der Waals surface area (Å²) in [4.78, 5) is 27.7. The number of carbonyl (C=O) groups is 2. The molecule has 1 saturated heterocycles. The summed E-state index contributed by atoms with van der Waals surface area (Å²) in [5.41, 5.74) is 1.39. The van der Waals surface area contributed by atoms with Gasteiger partial charge in [0.2, 0.25) is 11.8 Å². The predicted octanol–water partition coefficient (Wildman–Crippen LogP) is 5.05. The van der Waals surface area contributed by atoms with E-state index < -0.39 is 0 Å². The summed E-state index contributed by atoms with van der Waals surface area (Å²) in [6, 6.07) is 10.2. The molecule has 4 aliphatic carbocycles. The van der Waals surface area contributed by atoms with Crippen LogP contribution in [0.15, 0.2) is 36.4 Å². The van der Waals surface area contributed by atoms with E-state index in [2.05, 4.69) is 12.2 Å². The molecule has 0 spiro atoms. The molecular formula is C28H38N2O2. The number of amides is 2. The fraction of sp³-hybridized carbons (Fsp3) is 0.643. The highest BCUT2D eigenvalue weighted by Gasteiger charge is 2.54. The molecule has 172 valence electrons. The third kappa shape index (κ3) is 4.38. The Labute approximate surface area is 192 Å². The molecule has 0 aromatic heterocycles. The maximum Gasteiger partial charge on any atom is 0.246 e. The predicted molar refractivity (Wildman–Crippen MR) is 128 cm³/mol. The summed E-state index contributed by atoms with van der Waals surface area (Å²) >= 11 is 0. The Bertz CT molecular complexity index is 818. The van der Waals surface area contributed by atoms with Crippen molar-refractivity contribution in [2.75, 3.05) is 13.1 Å². The Hall–Kier alpha value is -2.10. The lowest BCUT2D eigenvalue weighted by Crippen LogP contribution is -2.57. The van der Waals surface area contributed by atoms with Gasteiger partial charge in [0.05, 0.1) is 0 Å². The van der Waals surface area contributed by atoms with Gasteiger partial charge in [-0.3, -0.25) is 9.59 Å². The topological polar surface area (TPSA) is 49.4 Å². The molecule has 4 nitrogen and oxygen atoms in total. The number of likely N-dealkylation sites (tertiary alicyclic amines) is 1. The molecule has 1 atom stereocenters. The molecule has 1 N–H and O–H groups in total. The van der Waals surface area contributed by atoms with Crippen LogP contribution in [-0.4, -0.2) is 35.8 Å². The lowest BCUT2D eigenvalue weighted by atomic mass is 9.47. The monoisotopic (exact) mass is 434 g/mol. The lowest BCUT2D eigenvalue weighted by Gasteiger charge is -2.59. The Balaban J connectivity index is 1.14. The van der Waals surface area contributed by atoms with Crippen LogP contribution in [0.4, 0.5) is 0 Å². The Morgan fingerprint density at radius 2 is 1.62 bits per heavy atom. The highest BCUT2D eigenvalue weighted by atomic mass is 16.2. The maximum atomic E-state index is 13.2. The van der Waals surface area contributed by atoms with Gasteiger partial charge in [-0.05, 0) is 92.6 Å². The highest BCUT2D eigenvalue weighted by Crippen LogP contribution is 2.61. The minimum absolute atomic E-state index is 0.0418. The van der Waals surface area contributed by atoms with Crippen molar-refractivity contribution < 1.29 is 9.59 Å². The van der Waals surface area contributed by atoms with E-state index in [1.54, 1.807) is 6.08 Å². The van der Waals surface area contributed by atoms with E-state index in [1.807, 2.05) is 41.3 Å². The largest absolute Gasteiger partial charge is 0.353 e. The maximum absolute atomic E-state index is 13.2. The second-order valence-electron chi connectivity index (χ2n) is 11.1. The molecule has 4 saturated carbocycles. The fourth-order valence-electron chi connectivity index (χ4n) is 7.78. The number of hydrogen-bond acceptors (Lipinski definition) is 2. The summed E-state index contributed by atoms with van der Waals surface area (Å²) in [5, 5.41) is 3.53. The number of nitrogens with one attached hydrogen (secondary N) is 1. The number of piperidine rings is 1. The third-order valence-corrected chi connectivity index (χ3v) is 8.94. The standard InChI is InChI=1S/C28H38N2O2/c1-2-25(28-17-21-14-22(18-28)16-23(15-21)19-28)29-27(32)24-10-12-30(13-11-24)26(31)9-8-20-6-4-3-5-7-20/h3-9,21-25H,2,10-19H2,1H3,(H,29,32)/b9-8+/t21?,22?,23?,25-,28?/m1/s1. The van der Waals surface area contributed by atoms with Crippen LogP contribution in [0.2, 0.25) is 0 Å². The zero-order chi connectivity index (χ0) is 22.1. The van der Waals surface area contributed by atoms with E-state index in [4.69, 9.17) is 0 Å². The van der Waals surface area contributed by atoms with Gasteiger partial charge < -0.3 is 10.2 Å². The van der Waals surface area contributed by atoms with Gasteiger partial charge in [-0.1, -0.05) is 37.3 Å². The molecular weight excluding hydrogens is 396 g/mol. The highest BCUT2D eigenvalue weighted by molar-refractivity contribution is 5.92. The van der Waals surface area contributed by atoms with Crippen LogP contribution in [0.5, 0.6) is 0 Å². The van der Waals surface area contributed by atoms with Crippen molar-refractivity contribution in [3.05, 3.63) is 42.0 Å². The van der Waals surface area contributed by atoms with E-state index >= 15 is 0 Å². The van der Waals surface area contributed by atoms with Crippen LogP contribution in [-0.2, 0) is 9.59 Å². The molecule has 6 rings (SSSR count). The van der Waals surface area contributed by atoms with Crippen LogP contribution >= 0.6 is 0 Å². The number of benzene rings is 1. The first-order chi connectivity index (χ1) is 15.5. The third-order valence-electron chi connectivity index (χ3n) is 8.94. The zero-order valence-electron chi connectivity index (χ0n) is 19.5. The van der Waals surface area contributed by atoms with Crippen molar-refractivity contribution in [1.29, 1.82) is 0 Å². The van der Waals surface area contributed by atoms with Gasteiger partial charge in [-0.25, -0.2) is 0 Å². The average Bonchev–Trinajstić information content (AvgIpc) is 2.80. The van der Waals surface area contributed by atoms with Gasteiger partial charge in [0.25, 0.3) is 0 Å². The van der Waals surface area contributed by atoms with Gasteiger partial charge in [-0.15, -0.1) is 0 Å². The number of hydrogen-bond donors (Lipinski definition) is 1. The van der Waals surface area contributed by atoms with Crippen molar-refractivity contribution in [3.8, 4) is 0 Å². The minimum Gasteiger partial charge on any atom is -0.353 e. The van der Waals surface area contributed by atoms with Gasteiger partial charge in [0.15, 0.2) is 0 Å². The van der Waals surface area contributed by atoms with Crippen LogP contribution < -0.4 is 5.32 Å². The normalized spacial score (nSPS) is 32.9. The Morgan fingerprint density at radius 1 is 1.03 bits per heavy atom. The molecule has 4 bridgehead atoms. The van der Waals surface area contributed by atoms with E-state index in [1.165, 1.54) is 38.5 Å².